The third kappa shape index (κ3) is 3.62. The van der Waals surface area contributed by atoms with Crippen molar-refractivity contribution in [3.05, 3.63) is 32.7 Å². The molecule has 0 aliphatic rings. The Morgan fingerprint density at radius 1 is 1.56 bits per heavy atom. The molecule has 0 aliphatic heterocycles. The summed E-state index contributed by atoms with van der Waals surface area (Å²) in [5, 5.41) is 11.3. The molecule has 1 aromatic rings. The first-order valence-electron chi connectivity index (χ1n) is 4.67. The van der Waals surface area contributed by atoms with E-state index in [9.17, 15) is 4.79 Å². The highest BCUT2D eigenvalue weighted by molar-refractivity contribution is 9.11. The SMILES string of the molecule is CC(C#N)CNC(=O)c1ccc(Br)cc1Br. The van der Waals surface area contributed by atoms with Gasteiger partial charge in [0.05, 0.1) is 17.6 Å². The van der Waals surface area contributed by atoms with Gasteiger partial charge < -0.3 is 5.32 Å². The van der Waals surface area contributed by atoms with E-state index < -0.39 is 0 Å². The van der Waals surface area contributed by atoms with Gasteiger partial charge in [-0.15, -0.1) is 0 Å². The van der Waals surface area contributed by atoms with Gasteiger partial charge in [-0.25, -0.2) is 0 Å². The number of hydrogen-bond acceptors (Lipinski definition) is 2. The largest absolute Gasteiger partial charge is 0.351 e. The number of amides is 1. The lowest BCUT2D eigenvalue weighted by Gasteiger charge is -2.07. The van der Waals surface area contributed by atoms with Crippen molar-refractivity contribution in [2.45, 2.75) is 6.92 Å². The van der Waals surface area contributed by atoms with Crippen molar-refractivity contribution in [2.24, 2.45) is 5.92 Å². The van der Waals surface area contributed by atoms with Crippen molar-refractivity contribution in [2.75, 3.05) is 6.54 Å². The van der Waals surface area contributed by atoms with Crippen molar-refractivity contribution in [3.8, 4) is 6.07 Å². The molecular weight excluding hydrogens is 336 g/mol. The number of hydrogen-bond donors (Lipinski definition) is 1. The van der Waals surface area contributed by atoms with Crippen molar-refractivity contribution in [3.63, 3.8) is 0 Å². The summed E-state index contributed by atoms with van der Waals surface area (Å²) in [6.45, 7) is 2.12. The van der Waals surface area contributed by atoms with Gasteiger partial charge in [-0.3, -0.25) is 4.79 Å². The van der Waals surface area contributed by atoms with E-state index in [4.69, 9.17) is 5.26 Å². The molecule has 0 heterocycles. The minimum Gasteiger partial charge on any atom is -0.351 e. The highest BCUT2D eigenvalue weighted by atomic mass is 79.9. The van der Waals surface area contributed by atoms with Crippen LogP contribution in [-0.4, -0.2) is 12.5 Å². The Labute approximate surface area is 111 Å². The van der Waals surface area contributed by atoms with E-state index in [1.165, 1.54) is 0 Å². The lowest BCUT2D eigenvalue weighted by atomic mass is 10.2. The third-order valence-corrected chi connectivity index (χ3v) is 3.11. The molecule has 5 heteroatoms. The molecule has 0 aromatic heterocycles. The molecule has 0 radical (unpaired) electrons. The Hall–Kier alpha value is -0.860. The van der Waals surface area contributed by atoms with Crippen LogP contribution in [0.5, 0.6) is 0 Å². The molecule has 0 spiro atoms. The summed E-state index contributed by atoms with van der Waals surface area (Å²) in [7, 11) is 0. The molecule has 1 amide bonds. The molecule has 0 saturated carbocycles. The van der Waals surface area contributed by atoms with Crippen LogP contribution >= 0.6 is 31.9 Å². The number of nitrogens with one attached hydrogen (secondary N) is 1. The molecule has 84 valence electrons. The van der Waals surface area contributed by atoms with E-state index >= 15 is 0 Å². The Balaban J connectivity index is 2.71. The molecule has 3 nitrogen and oxygen atoms in total. The number of nitriles is 1. The highest BCUT2D eigenvalue weighted by Crippen LogP contribution is 2.21. The Morgan fingerprint density at radius 3 is 2.81 bits per heavy atom. The van der Waals surface area contributed by atoms with E-state index in [1.807, 2.05) is 6.07 Å². The monoisotopic (exact) mass is 344 g/mol. The van der Waals surface area contributed by atoms with Crippen LogP contribution in [-0.2, 0) is 0 Å². The van der Waals surface area contributed by atoms with Crippen LogP contribution in [0.4, 0.5) is 0 Å². The molecule has 1 atom stereocenters. The maximum Gasteiger partial charge on any atom is 0.252 e. The topological polar surface area (TPSA) is 52.9 Å². The molecule has 0 saturated heterocycles. The second-order valence-corrected chi connectivity index (χ2v) is 5.13. The summed E-state index contributed by atoms with van der Waals surface area (Å²) in [5.41, 5.74) is 0.563. The van der Waals surface area contributed by atoms with Gasteiger partial charge in [-0.2, -0.15) is 5.26 Å². The first-order valence-corrected chi connectivity index (χ1v) is 6.26. The van der Waals surface area contributed by atoms with Gasteiger partial charge in [0, 0.05) is 15.5 Å². The lowest BCUT2D eigenvalue weighted by molar-refractivity contribution is 0.0950. The Morgan fingerprint density at radius 2 is 2.25 bits per heavy atom. The second-order valence-electron chi connectivity index (χ2n) is 3.36. The fourth-order valence-corrected chi connectivity index (χ4v) is 2.29. The molecule has 0 bridgehead atoms. The van der Waals surface area contributed by atoms with Crippen LogP contribution in [0.2, 0.25) is 0 Å². The van der Waals surface area contributed by atoms with Gasteiger partial charge in [0.15, 0.2) is 0 Å². The Kier molecular flexibility index (Phi) is 4.97. The maximum absolute atomic E-state index is 11.7. The average Bonchev–Trinajstić information content (AvgIpc) is 2.25. The third-order valence-electron chi connectivity index (χ3n) is 1.96. The summed E-state index contributed by atoms with van der Waals surface area (Å²) in [5.74, 6) is -0.361. The zero-order chi connectivity index (χ0) is 12.1. The molecular formula is C11H10Br2N2O. The average molecular weight is 346 g/mol. The normalized spacial score (nSPS) is 11.6. The standard InChI is InChI=1S/C11H10Br2N2O/c1-7(5-14)6-15-11(16)9-3-2-8(12)4-10(9)13/h2-4,7H,6H2,1H3,(H,15,16). The van der Waals surface area contributed by atoms with Crippen LogP contribution in [0.15, 0.2) is 27.1 Å². The molecule has 16 heavy (non-hydrogen) atoms. The number of carbonyl (C=O) groups is 1. The first kappa shape index (κ1) is 13.2. The van der Waals surface area contributed by atoms with E-state index in [0.29, 0.717) is 12.1 Å². The van der Waals surface area contributed by atoms with Crippen LogP contribution in [0.1, 0.15) is 17.3 Å². The molecule has 1 N–H and O–H groups in total. The number of halogens is 2. The zero-order valence-electron chi connectivity index (χ0n) is 8.63. The van der Waals surface area contributed by atoms with E-state index in [1.54, 1.807) is 19.1 Å². The molecule has 0 fully saturated rings. The summed E-state index contributed by atoms with van der Waals surface area (Å²) < 4.78 is 1.63. The molecule has 0 aliphatic carbocycles. The Bertz CT molecular complexity index is 440. The number of nitrogens with zero attached hydrogens (tertiary/aromatic N) is 1. The molecule has 1 unspecified atom stereocenters. The highest BCUT2D eigenvalue weighted by Gasteiger charge is 2.10. The van der Waals surface area contributed by atoms with Crippen molar-refractivity contribution >= 4 is 37.8 Å². The van der Waals surface area contributed by atoms with E-state index in [2.05, 4.69) is 43.2 Å². The minimum atomic E-state index is -0.182. The first-order chi connectivity index (χ1) is 7.54. The van der Waals surface area contributed by atoms with Crippen molar-refractivity contribution < 1.29 is 4.79 Å². The quantitative estimate of drug-likeness (QED) is 0.915. The van der Waals surface area contributed by atoms with Gasteiger partial charge in [0.1, 0.15) is 0 Å². The lowest BCUT2D eigenvalue weighted by Crippen LogP contribution is -2.28. The summed E-state index contributed by atoms with van der Waals surface area (Å²) in [4.78, 5) is 11.7. The smallest absolute Gasteiger partial charge is 0.252 e. The van der Waals surface area contributed by atoms with Crippen LogP contribution in [0.25, 0.3) is 0 Å². The second kappa shape index (κ2) is 6.02. The zero-order valence-corrected chi connectivity index (χ0v) is 11.8. The fourth-order valence-electron chi connectivity index (χ4n) is 1.06. The van der Waals surface area contributed by atoms with Gasteiger partial charge >= 0.3 is 0 Å². The van der Waals surface area contributed by atoms with Crippen LogP contribution < -0.4 is 5.32 Å². The van der Waals surface area contributed by atoms with Crippen molar-refractivity contribution in [1.82, 2.24) is 5.32 Å². The van der Waals surface area contributed by atoms with E-state index in [0.717, 1.165) is 8.95 Å². The van der Waals surface area contributed by atoms with E-state index in [-0.39, 0.29) is 11.8 Å². The number of benzene rings is 1. The summed E-state index contributed by atoms with van der Waals surface area (Å²) in [6.07, 6.45) is 0. The maximum atomic E-state index is 11.7. The number of rotatable bonds is 3. The minimum absolute atomic E-state index is 0.179. The predicted octanol–water partition coefficient (Wildman–Crippen LogP) is 3.10. The van der Waals surface area contributed by atoms with Gasteiger partial charge in [-0.05, 0) is 41.1 Å². The van der Waals surface area contributed by atoms with Crippen LogP contribution in [0, 0.1) is 17.2 Å². The van der Waals surface area contributed by atoms with Gasteiger partial charge in [0.25, 0.3) is 5.91 Å². The number of carbonyl (C=O) groups excluding carboxylic acids is 1. The predicted molar refractivity (Wildman–Crippen MR) is 69.0 cm³/mol. The van der Waals surface area contributed by atoms with Gasteiger partial charge in [0.2, 0.25) is 0 Å². The summed E-state index contributed by atoms with van der Waals surface area (Å²) >= 11 is 6.63. The molecule has 1 rings (SSSR count). The fraction of sp³-hybridized carbons (Fsp3) is 0.273. The summed E-state index contributed by atoms with van der Waals surface area (Å²) in [6, 6.07) is 7.39. The van der Waals surface area contributed by atoms with Crippen molar-refractivity contribution in [1.29, 1.82) is 5.26 Å². The van der Waals surface area contributed by atoms with Gasteiger partial charge in [-0.1, -0.05) is 15.9 Å². The molecule has 1 aromatic carbocycles. The van der Waals surface area contributed by atoms with Crippen LogP contribution in [0.3, 0.4) is 0 Å².